The van der Waals surface area contributed by atoms with Gasteiger partial charge in [0.2, 0.25) is 0 Å². The maximum atomic E-state index is 11.7. The summed E-state index contributed by atoms with van der Waals surface area (Å²) in [5.41, 5.74) is 0. The zero-order valence-corrected chi connectivity index (χ0v) is 11.9. The number of anilines is 1. The molecule has 0 saturated heterocycles. The van der Waals surface area contributed by atoms with E-state index in [1.165, 1.54) is 0 Å². The van der Waals surface area contributed by atoms with E-state index in [1.807, 2.05) is 20.8 Å². The summed E-state index contributed by atoms with van der Waals surface area (Å²) in [7, 11) is -0.973. The van der Waals surface area contributed by atoms with Crippen LogP contribution < -0.4 is 10.6 Å². The van der Waals surface area contributed by atoms with Gasteiger partial charge in [0, 0.05) is 33.9 Å². The molecule has 1 aromatic heterocycles. The Bertz CT molecular complexity index is 437. The highest BCUT2D eigenvalue weighted by Gasteiger charge is 2.18. The van der Waals surface area contributed by atoms with Crippen LogP contribution in [0.3, 0.4) is 0 Å². The van der Waals surface area contributed by atoms with E-state index in [0.29, 0.717) is 23.9 Å². The molecule has 102 valence electrons. The van der Waals surface area contributed by atoms with Crippen molar-refractivity contribution in [2.45, 2.75) is 32.4 Å². The van der Waals surface area contributed by atoms with E-state index in [9.17, 15) is 9.00 Å². The van der Waals surface area contributed by atoms with Gasteiger partial charge in [0.1, 0.15) is 5.76 Å². The van der Waals surface area contributed by atoms with E-state index < -0.39 is 10.8 Å². The molecule has 1 unspecified atom stereocenters. The van der Waals surface area contributed by atoms with Crippen molar-refractivity contribution in [2.24, 2.45) is 0 Å². The number of carbonyl (C=O) groups is 1. The normalized spacial score (nSPS) is 13.1. The monoisotopic (exact) mass is 273 g/mol. The summed E-state index contributed by atoms with van der Waals surface area (Å²) in [5, 5.41) is 8.77. The van der Waals surface area contributed by atoms with Gasteiger partial charge < -0.3 is 9.84 Å². The predicted molar refractivity (Wildman–Crippen MR) is 71.0 cm³/mol. The summed E-state index contributed by atoms with van der Waals surface area (Å²) in [5.74, 6) is 1.41. The zero-order chi connectivity index (χ0) is 13.8. The fraction of sp³-hybridized carbons (Fsp3) is 0.636. The Labute approximate surface area is 109 Å². The molecule has 7 heteroatoms. The second kappa shape index (κ2) is 5.99. The van der Waals surface area contributed by atoms with Gasteiger partial charge in [-0.15, -0.1) is 0 Å². The molecule has 1 aromatic rings. The van der Waals surface area contributed by atoms with Gasteiger partial charge in [0.25, 0.3) is 0 Å². The Morgan fingerprint density at radius 2 is 2.17 bits per heavy atom. The van der Waals surface area contributed by atoms with Gasteiger partial charge in [-0.1, -0.05) is 5.16 Å². The molecule has 6 nitrogen and oxygen atoms in total. The van der Waals surface area contributed by atoms with Gasteiger partial charge in [-0.2, -0.15) is 0 Å². The molecule has 1 heterocycles. The fourth-order valence-corrected chi connectivity index (χ4v) is 2.05. The Hall–Kier alpha value is -1.37. The molecule has 0 fully saturated rings. The third kappa shape index (κ3) is 4.87. The van der Waals surface area contributed by atoms with Crippen molar-refractivity contribution in [3.63, 3.8) is 0 Å². The maximum absolute atomic E-state index is 11.7. The van der Waals surface area contributed by atoms with Crippen LogP contribution in [-0.2, 0) is 10.8 Å². The Morgan fingerprint density at radius 3 is 2.67 bits per heavy atom. The lowest BCUT2D eigenvalue weighted by atomic mass is 10.3. The minimum absolute atomic E-state index is 0.263. The molecule has 0 aliphatic heterocycles. The molecular formula is C11H19N3O3S. The first kappa shape index (κ1) is 14.7. The summed E-state index contributed by atoms with van der Waals surface area (Å²) < 4.78 is 16.3. The van der Waals surface area contributed by atoms with Gasteiger partial charge in [-0.05, 0) is 27.7 Å². The van der Waals surface area contributed by atoms with Crippen LogP contribution in [0.15, 0.2) is 10.6 Å². The lowest BCUT2D eigenvalue weighted by Crippen LogP contribution is -2.35. The molecule has 0 spiro atoms. The lowest BCUT2D eigenvalue weighted by molar-refractivity contribution is 0.252. The van der Waals surface area contributed by atoms with Crippen molar-refractivity contribution < 1.29 is 13.5 Å². The van der Waals surface area contributed by atoms with E-state index >= 15 is 0 Å². The molecule has 1 atom stereocenters. The third-order valence-electron chi connectivity index (χ3n) is 2.13. The molecular weight excluding hydrogens is 254 g/mol. The van der Waals surface area contributed by atoms with Crippen LogP contribution >= 0.6 is 0 Å². The number of rotatable bonds is 4. The minimum atomic E-state index is -0.973. The zero-order valence-electron chi connectivity index (χ0n) is 11.1. The third-order valence-corrected chi connectivity index (χ3v) is 4.07. The number of aryl methyl sites for hydroxylation is 1. The highest BCUT2D eigenvalue weighted by atomic mass is 32.2. The highest BCUT2D eigenvalue weighted by molar-refractivity contribution is 7.86. The van der Waals surface area contributed by atoms with Gasteiger partial charge >= 0.3 is 6.03 Å². The summed E-state index contributed by atoms with van der Waals surface area (Å²) in [6, 6.07) is 1.24. The summed E-state index contributed by atoms with van der Waals surface area (Å²) >= 11 is 0. The van der Waals surface area contributed by atoms with E-state index in [-0.39, 0.29) is 10.8 Å². The van der Waals surface area contributed by atoms with E-state index in [4.69, 9.17) is 4.52 Å². The minimum Gasteiger partial charge on any atom is -0.360 e. The Balaban J connectivity index is 2.28. The van der Waals surface area contributed by atoms with Crippen molar-refractivity contribution in [3.8, 4) is 0 Å². The molecule has 18 heavy (non-hydrogen) atoms. The van der Waals surface area contributed by atoms with Gasteiger partial charge in [-0.3, -0.25) is 9.53 Å². The molecule has 0 aromatic carbocycles. The number of hydrogen-bond acceptors (Lipinski definition) is 4. The number of nitrogens with zero attached hydrogens (tertiary/aromatic N) is 1. The number of amides is 2. The largest absolute Gasteiger partial charge is 0.360 e. The number of nitrogens with one attached hydrogen (secondary N) is 2. The first-order chi connectivity index (χ1) is 8.29. The smallest absolute Gasteiger partial charge is 0.320 e. The Morgan fingerprint density at radius 1 is 1.50 bits per heavy atom. The van der Waals surface area contributed by atoms with Crippen molar-refractivity contribution >= 4 is 22.6 Å². The average molecular weight is 273 g/mol. The quantitative estimate of drug-likeness (QED) is 0.873. The number of carbonyl (C=O) groups excluding carboxylic acids is 1. The van der Waals surface area contributed by atoms with Gasteiger partial charge in [-0.25, -0.2) is 4.79 Å². The average Bonchev–Trinajstić information content (AvgIpc) is 2.62. The molecule has 2 amide bonds. The second-order valence-electron chi connectivity index (χ2n) is 4.87. The molecule has 1 rings (SSSR count). The molecule has 0 saturated carbocycles. The maximum Gasteiger partial charge on any atom is 0.320 e. The fourth-order valence-electron chi connectivity index (χ4n) is 1.15. The lowest BCUT2D eigenvalue weighted by Gasteiger charge is -2.17. The van der Waals surface area contributed by atoms with Crippen LogP contribution in [0.1, 0.15) is 26.5 Å². The second-order valence-corrected chi connectivity index (χ2v) is 7.19. The van der Waals surface area contributed by atoms with Crippen LogP contribution in [0.2, 0.25) is 0 Å². The van der Waals surface area contributed by atoms with Crippen molar-refractivity contribution in [2.75, 3.05) is 17.6 Å². The molecule has 0 aliphatic rings. The van der Waals surface area contributed by atoms with E-state index in [0.717, 1.165) is 0 Å². The first-order valence-corrected chi connectivity index (χ1v) is 6.97. The van der Waals surface area contributed by atoms with Gasteiger partial charge in [0.15, 0.2) is 5.82 Å². The number of urea groups is 1. The summed E-state index contributed by atoms with van der Waals surface area (Å²) in [6.07, 6.45) is 0. The molecule has 0 radical (unpaired) electrons. The molecule has 2 N–H and O–H groups in total. The van der Waals surface area contributed by atoms with Crippen molar-refractivity contribution in [1.82, 2.24) is 10.5 Å². The number of aromatic nitrogens is 1. The SMILES string of the molecule is Cc1cc(NC(=O)NCCS(=O)C(C)(C)C)no1. The first-order valence-electron chi connectivity index (χ1n) is 5.65. The molecule has 0 bridgehead atoms. The number of hydrogen-bond donors (Lipinski definition) is 2. The summed E-state index contributed by atoms with van der Waals surface area (Å²) in [4.78, 5) is 11.5. The van der Waals surface area contributed by atoms with Crippen LogP contribution in [0, 0.1) is 6.92 Å². The van der Waals surface area contributed by atoms with E-state index in [1.54, 1.807) is 13.0 Å². The van der Waals surface area contributed by atoms with E-state index in [2.05, 4.69) is 15.8 Å². The summed E-state index contributed by atoms with van der Waals surface area (Å²) in [6.45, 7) is 7.80. The highest BCUT2D eigenvalue weighted by Crippen LogP contribution is 2.10. The standard InChI is InChI=1S/C11H19N3O3S/c1-8-7-9(14-17-8)13-10(15)12-5-6-18(16)11(2,3)4/h7H,5-6H2,1-4H3,(H2,12,13,14,15). The Kier molecular flexibility index (Phi) is 4.89. The van der Waals surface area contributed by atoms with Crippen molar-refractivity contribution in [3.05, 3.63) is 11.8 Å². The van der Waals surface area contributed by atoms with Crippen LogP contribution in [0.4, 0.5) is 10.6 Å². The molecule has 0 aliphatic carbocycles. The topological polar surface area (TPSA) is 84.2 Å². The van der Waals surface area contributed by atoms with Crippen LogP contribution in [-0.4, -0.2) is 32.4 Å². The van der Waals surface area contributed by atoms with Gasteiger partial charge in [0.05, 0.1) is 0 Å². The van der Waals surface area contributed by atoms with Crippen molar-refractivity contribution in [1.29, 1.82) is 0 Å². The van der Waals surface area contributed by atoms with Crippen LogP contribution in [0.25, 0.3) is 0 Å². The van der Waals surface area contributed by atoms with Crippen LogP contribution in [0.5, 0.6) is 0 Å². The predicted octanol–water partition coefficient (Wildman–Crippen LogP) is 1.65.